The lowest BCUT2D eigenvalue weighted by Gasteiger charge is -2.56. The summed E-state index contributed by atoms with van der Waals surface area (Å²) in [6.07, 6.45) is 8.14. The summed E-state index contributed by atoms with van der Waals surface area (Å²) in [5.74, 6) is 1.52. The van der Waals surface area contributed by atoms with Crippen molar-refractivity contribution in [2.24, 2.45) is 22.7 Å². The van der Waals surface area contributed by atoms with Crippen molar-refractivity contribution in [2.45, 2.75) is 83.7 Å². The summed E-state index contributed by atoms with van der Waals surface area (Å²) in [5, 5.41) is 0. The van der Waals surface area contributed by atoms with Gasteiger partial charge in [-0.3, -0.25) is 4.79 Å². The van der Waals surface area contributed by atoms with Crippen LogP contribution in [0.3, 0.4) is 0 Å². The first-order valence-corrected chi connectivity index (χ1v) is 12.4. The van der Waals surface area contributed by atoms with Crippen LogP contribution in [0.1, 0.15) is 82.8 Å². The number of fused-ring (bicyclic) bond motifs is 6. The molecule has 176 valence electrons. The van der Waals surface area contributed by atoms with Gasteiger partial charge in [0.1, 0.15) is 12.2 Å². The molecule has 3 aliphatic carbocycles. The molecule has 0 N–H and O–H groups in total. The van der Waals surface area contributed by atoms with Crippen LogP contribution >= 0.6 is 0 Å². The number of hydrogen-bond donors (Lipinski definition) is 0. The maximum atomic E-state index is 14.9. The lowest BCUT2D eigenvalue weighted by molar-refractivity contribution is -0.206. The smallest absolute Gasteiger partial charge is 0.312 e. The van der Waals surface area contributed by atoms with Crippen LogP contribution < -0.4 is 4.74 Å². The molecule has 1 aromatic rings. The molecular formula is C27H37FO4. The molecule has 1 spiro atoms. The third kappa shape index (κ3) is 3.21. The van der Waals surface area contributed by atoms with Crippen LogP contribution in [-0.2, 0) is 20.7 Å². The maximum Gasteiger partial charge on any atom is 0.312 e. The third-order valence-corrected chi connectivity index (χ3v) is 9.61. The third-order valence-electron chi connectivity index (χ3n) is 9.61. The first kappa shape index (κ1) is 22.2. The zero-order chi connectivity index (χ0) is 22.7. The van der Waals surface area contributed by atoms with Crippen LogP contribution in [0.25, 0.3) is 0 Å². The van der Waals surface area contributed by atoms with Gasteiger partial charge in [0, 0.05) is 12.5 Å². The fraction of sp³-hybridized carbons (Fsp3) is 0.741. The molecule has 5 heteroatoms. The highest BCUT2D eigenvalue weighted by Gasteiger charge is 2.65. The minimum Gasteiger partial charge on any atom is -0.488 e. The molecule has 5 atom stereocenters. The van der Waals surface area contributed by atoms with E-state index in [9.17, 15) is 9.18 Å². The second-order valence-corrected chi connectivity index (χ2v) is 11.5. The topological polar surface area (TPSA) is 44.8 Å². The Kier molecular flexibility index (Phi) is 5.35. The average Bonchev–Trinajstić information content (AvgIpc) is 3.04. The van der Waals surface area contributed by atoms with Gasteiger partial charge in [-0.1, -0.05) is 6.92 Å². The van der Waals surface area contributed by atoms with Gasteiger partial charge in [-0.2, -0.15) is 0 Å². The predicted molar refractivity (Wildman–Crippen MR) is 120 cm³/mol. The predicted octanol–water partition coefficient (Wildman–Crippen LogP) is 5.81. The largest absolute Gasteiger partial charge is 0.488 e. The van der Waals surface area contributed by atoms with Crippen LogP contribution in [0.15, 0.2) is 12.1 Å². The molecule has 0 bridgehead atoms. The number of carbonyl (C=O) groups is 1. The molecule has 0 aromatic heterocycles. The van der Waals surface area contributed by atoms with Crippen molar-refractivity contribution < 1.29 is 23.4 Å². The number of methoxy groups -OCH3 is 1. The molecule has 32 heavy (non-hydrogen) atoms. The number of rotatable bonds is 4. The van der Waals surface area contributed by atoms with Crippen molar-refractivity contribution in [3.05, 3.63) is 29.1 Å². The van der Waals surface area contributed by atoms with Gasteiger partial charge in [0.15, 0.2) is 11.6 Å². The van der Waals surface area contributed by atoms with E-state index in [0.717, 1.165) is 51.4 Å². The van der Waals surface area contributed by atoms with E-state index in [2.05, 4.69) is 6.92 Å². The molecule has 1 aromatic carbocycles. The fourth-order valence-electron chi connectivity index (χ4n) is 7.57. The number of aryl methyl sites for hydroxylation is 1. The molecule has 3 unspecified atom stereocenters. The minimum absolute atomic E-state index is 0.0233. The Morgan fingerprint density at radius 1 is 1.06 bits per heavy atom. The van der Waals surface area contributed by atoms with Gasteiger partial charge in [0.2, 0.25) is 0 Å². The van der Waals surface area contributed by atoms with E-state index in [0.29, 0.717) is 36.7 Å². The van der Waals surface area contributed by atoms with E-state index in [1.165, 1.54) is 11.1 Å². The molecule has 1 aliphatic heterocycles. The quantitative estimate of drug-likeness (QED) is 0.434. The zero-order valence-corrected chi connectivity index (χ0v) is 20.0. The van der Waals surface area contributed by atoms with E-state index < -0.39 is 0 Å². The van der Waals surface area contributed by atoms with Crippen LogP contribution in [0.2, 0.25) is 0 Å². The first-order chi connectivity index (χ1) is 15.2. The molecule has 1 heterocycles. The van der Waals surface area contributed by atoms with E-state index >= 15 is 0 Å². The number of esters is 1. The lowest BCUT2D eigenvalue weighted by atomic mass is 9.52. The van der Waals surface area contributed by atoms with Gasteiger partial charge in [-0.05, 0) is 106 Å². The van der Waals surface area contributed by atoms with Gasteiger partial charge in [0.25, 0.3) is 0 Å². The number of carbonyl (C=O) groups excluding carboxylic acids is 1. The first-order valence-electron chi connectivity index (χ1n) is 12.4. The molecule has 0 radical (unpaired) electrons. The standard InChI is InChI=1S/C27H37FO4/c1-25(2)11-12-27(32-24(25)29)10-8-21-19-6-5-17-15-23(31-14-13-30-4)22(28)16-20(17)18(19)7-9-26(21,27)3/h15-16,18-19,21H,5-14H2,1-4H3/t18?,19?,21?,26-,27+/m0/s1. The Morgan fingerprint density at radius 3 is 2.62 bits per heavy atom. The highest BCUT2D eigenvalue weighted by atomic mass is 19.1. The van der Waals surface area contributed by atoms with Crippen molar-refractivity contribution >= 4 is 5.97 Å². The molecular weight excluding hydrogens is 407 g/mol. The summed E-state index contributed by atoms with van der Waals surface area (Å²) >= 11 is 0. The van der Waals surface area contributed by atoms with Gasteiger partial charge in [0.05, 0.1) is 12.0 Å². The van der Waals surface area contributed by atoms with Crippen LogP contribution in [-0.4, -0.2) is 31.9 Å². The van der Waals surface area contributed by atoms with Gasteiger partial charge >= 0.3 is 5.97 Å². The Bertz CT molecular complexity index is 911. The molecule has 3 fully saturated rings. The average molecular weight is 445 g/mol. The Balaban J connectivity index is 1.40. The fourth-order valence-corrected chi connectivity index (χ4v) is 7.57. The molecule has 4 aliphatic rings. The Morgan fingerprint density at radius 2 is 1.88 bits per heavy atom. The molecule has 1 saturated heterocycles. The van der Waals surface area contributed by atoms with Crippen LogP contribution in [0, 0.1) is 28.5 Å². The molecule has 0 amide bonds. The number of halogens is 1. The maximum absolute atomic E-state index is 14.9. The summed E-state index contributed by atoms with van der Waals surface area (Å²) in [7, 11) is 1.62. The summed E-state index contributed by atoms with van der Waals surface area (Å²) in [6, 6.07) is 3.66. The summed E-state index contributed by atoms with van der Waals surface area (Å²) in [6.45, 7) is 7.21. The SMILES string of the molecule is COCCOc1cc2c(cc1F)C1CC[C@@]3(C)C(CC[C@@]34CCC(C)(C)C(=O)O4)C1CC2. The highest BCUT2D eigenvalue weighted by Crippen LogP contribution is 2.67. The summed E-state index contributed by atoms with van der Waals surface area (Å²) in [4.78, 5) is 12.8. The Hall–Kier alpha value is -1.62. The van der Waals surface area contributed by atoms with Crippen molar-refractivity contribution in [3.8, 4) is 5.75 Å². The highest BCUT2D eigenvalue weighted by molar-refractivity contribution is 5.77. The van der Waals surface area contributed by atoms with Gasteiger partial charge in [-0.15, -0.1) is 0 Å². The molecule has 4 nitrogen and oxygen atoms in total. The van der Waals surface area contributed by atoms with Gasteiger partial charge in [-0.25, -0.2) is 4.39 Å². The normalized spacial score (nSPS) is 37.4. The number of ether oxygens (including phenoxy) is 3. The van der Waals surface area contributed by atoms with Gasteiger partial charge < -0.3 is 14.2 Å². The second kappa shape index (κ2) is 7.72. The van der Waals surface area contributed by atoms with Crippen molar-refractivity contribution in [1.29, 1.82) is 0 Å². The van der Waals surface area contributed by atoms with E-state index in [1.54, 1.807) is 13.2 Å². The summed E-state index contributed by atoms with van der Waals surface area (Å²) in [5.41, 5.74) is 1.77. The van der Waals surface area contributed by atoms with Crippen molar-refractivity contribution in [3.63, 3.8) is 0 Å². The summed E-state index contributed by atoms with van der Waals surface area (Å²) < 4.78 is 31.9. The van der Waals surface area contributed by atoms with E-state index in [1.807, 2.05) is 19.9 Å². The second-order valence-electron chi connectivity index (χ2n) is 11.5. The number of hydrogen-bond acceptors (Lipinski definition) is 4. The zero-order valence-electron chi connectivity index (χ0n) is 20.0. The Labute approximate surface area is 191 Å². The lowest BCUT2D eigenvalue weighted by Crippen LogP contribution is -2.56. The molecule has 5 rings (SSSR count). The minimum atomic E-state index is -0.374. The van der Waals surface area contributed by atoms with Crippen molar-refractivity contribution in [1.82, 2.24) is 0 Å². The number of benzene rings is 1. The van der Waals surface area contributed by atoms with Crippen LogP contribution in [0.4, 0.5) is 4.39 Å². The molecule has 2 saturated carbocycles. The van der Waals surface area contributed by atoms with E-state index in [4.69, 9.17) is 14.2 Å². The monoisotopic (exact) mass is 444 g/mol. The van der Waals surface area contributed by atoms with E-state index in [-0.39, 0.29) is 28.2 Å². The van der Waals surface area contributed by atoms with Crippen LogP contribution in [0.5, 0.6) is 5.75 Å². The van der Waals surface area contributed by atoms with Crippen molar-refractivity contribution in [2.75, 3.05) is 20.3 Å².